The van der Waals surface area contributed by atoms with Gasteiger partial charge in [-0.15, -0.1) is 0 Å². The van der Waals surface area contributed by atoms with Crippen molar-refractivity contribution in [2.24, 2.45) is 0 Å². The third-order valence-electron chi connectivity index (χ3n) is 4.76. The predicted molar refractivity (Wildman–Crippen MR) is 119 cm³/mol. The van der Waals surface area contributed by atoms with Gasteiger partial charge in [-0.3, -0.25) is 19.7 Å². The molecule has 31 heavy (non-hydrogen) atoms. The lowest BCUT2D eigenvalue weighted by Crippen LogP contribution is -2.45. The first-order valence-corrected chi connectivity index (χ1v) is 11.3. The zero-order valence-corrected chi connectivity index (χ0v) is 19.1. The van der Waals surface area contributed by atoms with Crippen LogP contribution < -0.4 is 5.32 Å². The number of carbonyl (C=O) groups excluding carboxylic acids is 2. The number of carbonyl (C=O) groups is 2. The smallest absolute Gasteiger partial charge is 0.306 e. The summed E-state index contributed by atoms with van der Waals surface area (Å²) in [5.74, 6) is -1.24. The first-order chi connectivity index (χ1) is 14.8. The molecule has 1 rings (SSSR count). The van der Waals surface area contributed by atoms with E-state index in [1.165, 1.54) is 43.5 Å². The van der Waals surface area contributed by atoms with E-state index in [4.69, 9.17) is 27.9 Å². The molecular weight excluding hydrogens is 447 g/mol. The Hall–Kier alpha value is -1.90. The van der Waals surface area contributed by atoms with E-state index >= 15 is 0 Å². The van der Waals surface area contributed by atoms with Crippen molar-refractivity contribution in [3.63, 3.8) is 0 Å². The molecule has 0 saturated carbocycles. The molecule has 0 radical (unpaired) electrons. The summed E-state index contributed by atoms with van der Waals surface area (Å²) in [6.45, 7) is 1.60. The van der Waals surface area contributed by atoms with E-state index < -0.39 is 40.4 Å². The molecule has 8 nitrogen and oxygen atoms in total. The number of ether oxygens (including phenoxy) is 1. The number of alkyl halides is 2. The van der Waals surface area contributed by atoms with Crippen molar-refractivity contribution in [3.8, 4) is 0 Å². The van der Waals surface area contributed by atoms with Crippen molar-refractivity contribution in [3.05, 3.63) is 39.9 Å². The van der Waals surface area contributed by atoms with Gasteiger partial charge in [-0.25, -0.2) is 0 Å². The molecule has 0 bridgehead atoms. The molecular formula is C21H30Cl2N2O6. The summed E-state index contributed by atoms with van der Waals surface area (Å²) in [6.07, 6.45) is 6.44. The molecule has 0 saturated heterocycles. The Labute approximate surface area is 192 Å². The molecule has 0 aliphatic heterocycles. The number of nitrogens with zero attached hydrogens (tertiary/aromatic N) is 1. The number of unbranched alkanes of at least 4 members (excludes halogenated alkanes) is 6. The number of nitrogens with one attached hydrogen (secondary N) is 1. The summed E-state index contributed by atoms with van der Waals surface area (Å²) in [5.41, 5.74) is 0.252. The maximum absolute atomic E-state index is 12.4. The van der Waals surface area contributed by atoms with Crippen LogP contribution in [0.3, 0.4) is 0 Å². The van der Waals surface area contributed by atoms with Crippen LogP contribution in [0.15, 0.2) is 24.3 Å². The van der Waals surface area contributed by atoms with Crippen LogP contribution in [-0.4, -0.2) is 39.4 Å². The number of esters is 1. The number of amides is 1. The maximum Gasteiger partial charge on any atom is 0.306 e. The second-order valence-corrected chi connectivity index (χ2v) is 8.33. The van der Waals surface area contributed by atoms with Gasteiger partial charge in [0.2, 0.25) is 0 Å². The summed E-state index contributed by atoms with van der Waals surface area (Å²) in [7, 11) is 0. The first-order valence-electron chi connectivity index (χ1n) is 10.4. The van der Waals surface area contributed by atoms with Gasteiger partial charge in [0.1, 0.15) is 6.10 Å². The highest BCUT2D eigenvalue weighted by Crippen LogP contribution is 2.25. The van der Waals surface area contributed by atoms with Gasteiger partial charge in [-0.2, -0.15) is 0 Å². The molecule has 0 aliphatic carbocycles. The Balaban J connectivity index is 2.81. The van der Waals surface area contributed by atoms with Crippen LogP contribution in [0.2, 0.25) is 0 Å². The number of benzene rings is 1. The molecule has 2 N–H and O–H groups in total. The maximum atomic E-state index is 12.4. The summed E-state index contributed by atoms with van der Waals surface area (Å²) < 4.78 is 5.55. The standard InChI is InChI=1S/C21H30Cl2N2O6/c1-2-3-4-5-6-7-8-9-18(27)31-19(17(14-26)24-21(28)20(22)23)15-10-12-16(13-11-15)25(29)30/h10-13,17,19-20,26H,2-9,14H2,1H3,(H,24,28). The number of nitro benzene ring substituents is 1. The zero-order valence-electron chi connectivity index (χ0n) is 17.6. The summed E-state index contributed by atoms with van der Waals surface area (Å²) >= 11 is 11.1. The van der Waals surface area contributed by atoms with E-state index in [0.29, 0.717) is 12.0 Å². The second-order valence-electron chi connectivity index (χ2n) is 7.23. The number of hydrogen-bond acceptors (Lipinski definition) is 6. The quantitative estimate of drug-likeness (QED) is 0.125. The minimum Gasteiger partial charge on any atom is -0.455 e. The van der Waals surface area contributed by atoms with Crippen molar-refractivity contribution in [2.45, 2.75) is 75.3 Å². The van der Waals surface area contributed by atoms with Gasteiger partial charge in [0.05, 0.1) is 17.6 Å². The molecule has 1 amide bonds. The van der Waals surface area contributed by atoms with E-state index in [9.17, 15) is 24.8 Å². The lowest BCUT2D eigenvalue weighted by atomic mass is 10.0. The lowest BCUT2D eigenvalue weighted by Gasteiger charge is -2.27. The molecule has 0 fully saturated rings. The molecule has 0 spiro atoms. The van der Waals surface area contributed by atoms with E-state index in [-0.39, 0.29) is 12.1 Å². The fourth-order valence-corrected chi connectivity index (χ4v) is 3.18. The minimum atomic E-state index is -1.37. The second kappa shape index (κ2) is 15.0. The van der Waals surface area contributed by atoms with Crippen molar-refractivity contribution >= 4 is 40.8 Å². The zero-order chi connectivity index (χ0) is 23.2. The normalized spacial score (nSPS) is 12.9. The molecule has 10 heteroatoms. The molecule has 0 aromatic heterocycles. The first kappa shape index (κ1) is 27.1. The third-order valence-corrected chi connectivity index (χ3v) is 5.16. The number of rotatable bonds is 15. The molecule has 0 heterocycles. The average Bonchev–Trinajstić information content (AvgIpc) is 2.75. The van der Waals surface area contributed by atoms with Crippen molar-refractivity contribution in [1.29, 1.82) is 0 Å². The minimum absolute atomic E-state index is 0.136. The number of non-ortho nitro benzene ring substituents is 1. The topological polar surface area (TPSA) is 119 Å². The van der Waals surface area contributed by atoms with Crippen molar-refractivity contribution in [1.82, 2.24) is 5.32 Å². The van der Waals surface area contributed by atoms with Crippen LogP contribution in [-0.2, 0) is 14.3 Å². The van der Waals surface area contributed by atoms with E-state index in [0.717, 1.165) is 19.3 Å². The van der Waals surface area contributed by atoms with Gasteiger partial charge in [0, 0.05) is 18.6 Å². The average molecular weight is 477 g/mol. The highest BCUT2D eigenvalue weighted by Gasteiger charge is 2.29. The Morgan fingerprint density at radius 2 is 1.68 bits per heavy atom. The Bertz CT molecular complexity index is 700. The van der Waals surface area contributed by atoms with E-state index in [2.05, 4.69) is 12.2 Å². The number of aliphatic hydroxyl groups excluding tert-OH is 1. The highest BCUT2D eigenvalue weighted by atomic mass is 35.5. The predicted octanol–water partition coefficient (Wildman–Crippen LogP) is 4.60. The number of aliphatic hydroxyl groups is 1. The monoisotopic (exact) mass is 476 g/mol. The van der Waals surface area contributed by atoms with Gasteiger partial charge in [0.25, 0.3) is 11.6 Å². The lowest BCUT2D eigenvalue weighted by molar-refractivity contribution is -0.384. The molecule has 1 aromatic rings. The largest absolute Gasteiger partial charge is 0.455 e. The van der Waals surface area contributed by atoms with Crippen LogP contribution in [0.4, 0.5) is 5.69 Å². The van der Waals surface area contributed by atoms with Crippen LogP contribution in [0.5, 0.6) is 0 Å². The van der Waals surface area contributed by atoms with Crippen LogP contribution in [0.25, 0.3) is 0 Å². The fourth-order valence-electron chi connectivity index (χ4n) is 3.06. The fraction of sp³-hybridized carbons (Fsp3) is 0.619. The van der Waals surface area contributed by atoms with E-state index in [1.807, 2.05) is 0 Å². The third kappa shape index (κ3) is 10.3. The molecule has 1 aromatic carbocycles. The highest BCUT2D eigenvalue weighted by molar-refractivity contribution is 6.53. The SMILES string of the molecule is CCCCCCCCCC(=O)OC(c1ccc([N+](=O)[O-])cc1)C(CO)NC(=O)C(Cl)Cl. The number of halogens is 2. The molecule has 2 unspecified atom stereocenters. The summed E-state index contributed by atoms with van der Waals surface area (Å²) in [6, 6.07) is 4.32. The Morgan fingerprint density at radius 1 is 1.10 bits per heavy atom. The van der Waals surface area contributed by atoms with E-state index in [1.54, 1.807) is 0 Å². The number of nitro groups is 1. The van der Waals surface area contributed by atoms with Crippen LogP contribution in [0.1, 0.15) is 70.0 Å². The van der Waals surface area contributed by atoms with Crippen LogP contribution in [0, 0.1) is 10.1 Å². The molecule has 174 valence electrons. The van der Waals surface area contributed by atoms with Crippen LogP contribution >= 0.6 is 23.2 Å². The number of hydrogen-bond donors (Lipinski definition) is 2. The Kier molecular flexibility index (Phi) is 13.1. The Morgan fingerprint density at radius 3 is 2.19 bits per heavy atom. The summed E-state index contributed by atoms with van der Waals surface area (Å²) in [5, 5.41) is 23.1. The van der Waals surface area contributed by atoms with Crippen molar-refractivity contribution < 1.29 is 24.4 Å². The van der Waals surface area contributed by atoms with Gasteiger partial charge < -0.3 is 15.2 Å². The van der Waals surface area contributed by atoms with Gasteiger partial charge in [0.15, 0.2) is 4.84 Å². The molecule has 0 aliphatic rings. The van der Waals surface area contributed by atoms with Gasteiger partial charge in [-0.05, 0) is 24.1 Å². The van der Waals surface area contributed by atoms with Gasteiger partial charge in [-0.1, -0.05) is 68.7 Å². The van der Waals surface area contributed by atoms with Gasteiger partial charge >= 0.3 is 5.97 Å². The molecule has 2 atom stereocenters. The van der Waals surface area contributed by atoms with Crippen molar-refractivity contribution in [2.75, 3.05) is 6.61 Å². The summed E-state index contributed by atoms with van der Waals surface area (Å²) in [4.78, 5) is 33.3.